The van der Waals surface area contributed by atoms with Crippen LogP contribution in [0.25, 0.3) is 0 Å². The molecule has 0 bridgehead atoms. The summed E-state index contributed by atoms with van der Waals surface area (Å²) in [7, 11) is 1.31. The molecule has 1 N–H and O–H groups in total. The number of nitrogens with one attached hydrogen (secondary N) is 1. The first-order chi connectivity index (χ1) is 7.66. The fraction of sp³-hybridized carbons (Fsp3) is 0.636. The molecule has 1 aliphatic carbocycles. The van der Waals surface area contributed by atoms with Crippen molar-refractivity contribution in [3.63, 3.8) is 0 Å². The van der Waals surface area contributed by atoms with E-state index in [-0.39, 0.29) is 0 Å². The topological polar surface area (TPSA) is 64.6 Å². The van der Waals surface area contributed by atoms with E-state index in [0.29, 0.717) is 5.70 Å². The van der Waals surface area contributed by atoms with Crippen LogP contribution >= 0.6 is 0 Å². The second-order valence-electron chi connectivity index (χ2n) is 4.15. The summed E-state index contributed by atoms with van der Waals surface area (Å²) in [5, 5.41) is 2.58. The zero-order valence-electron chi connectivity index (χ0n) is 9.25. The van der Waals surface area contributed by atoms with Crippen molar-refractivity contribution in [3.8, 4) is 0 Å². The second-order valence-corrected chi connectivity index (χ2v) is 4.15. The summed E-state index contributed by atoms with van der Waals surface area (Å²) in [6.45, 7) is 0. The van der Waals surface area contributed by atoms with E-state index in [2.05, 4.69) is 10.1 Å². The van der Waals surface area contributed by atoms with Crippen LogP contribution < -0.4 is 5.32 Å². The predicted molar refractivity (Wildman–Crippen MR) is 55.5 cm³/mol. The number of esters is 1. The third-order valence-electron chi connectivity index (χ3n) is 3.14. The number of alkyl carbamates (subject to hydrolysis) is 1. The van der Waals surface area contributed by atoms with E-state index in [9.17, 15) is 9.59 Å². The molecule has 0 aromatic rings. The van der Waals surface area contributed by atoms with Crippen LogP contribution in [0.4, 0.5) is 4.79 Å². The van der Waals surface area contributed by atoms with E-state index in [1.165, 1.54) is 13.2 Å². The Morgan fingerprint density at radius 3 is 2.75 bits per heavy atom. The number of ether oxygens (including phenoxy) is 2. The summed E-state index contributed by atoms with van der Waals surface area (Å²) in [6.07, 6.45) is 5.54. The smallest absolute Gasteiger partial charge is 0.412 e. The van der Waals surface area contributed by atoms with Crippen molar-refractivity contribution in [2.45, 2.75) is 37.7 Å². The average Bonchev–Trinajstić information content (AvgIpc) is 2.56. The zero-order chi connectivity index (χ0) is 11.6. The first kappa shape index (κ1) is 11.0. The summed E-state index contributed by atoms with van der Waals surface area (Å²) in [4.78, 5) is 22.5. The quantitative estimate of drug-likeness (QED) is 0.542. The Kier molecular flexibility index (Phi) is 2.85. The van der Waals surface area contributed by atoms with Gasteiger partial charge in [0.2, 0.25) is 0 Å². The molecule has 1 amide bonds. The van der Waals surface area contributed by atoms with Crippen LogP contribution in [0.5, 0.6) is 0 Å². The van der Waals surface area contributed by atoms with Crippen LogP contribution in [0.2, 0.25) is 0 Å². The fourth-order valence-electron chi connectivity index (χ4n) is 2.32. The van der Waals surface area contributed by atoms with Gasteiger partial charge in [-0.05, 0) is 25.7 Å². The SMILES string of the molecule is COC(=O)/C=C1\NC(=O)OC12CCCCC2. The van der Waals surface area contributed by atoms with Gasteiger partial charge in [0.25, 0.3) is 0 Å². The van der Waals surface area contributed by atoms with E-state index >= 15 is 0 Å². The molecule has 2 aliphatic rings. The Labute approximate surface area is 93.8 Å². The minimum absolute atomic E-state index is 0.467. The van der Waals surface area contributed by atoms with Crippen LogP contribution in [0.3, 0.4) is 0 Å². The number of hydrogen-bond donors (Lipinski definition) is 1. The Morgan fingerprint density at radius 1 is 1.44 bits per heavy atom. The molecule has 1 aliphatic heterocycles. The van der Waals surface area contributed by atoms with Gasteiger partial charge in [-0.3, -0.25) is 5.32 Å². The number of rotatable bonds is 1. The maximum atomic E-state index is 11.3. The Bertz CT molecular complexity index is 342. The highest BCUT2D eigenvalue weighted by molar-refractivity contribution is 5.86. The van der Waals surface area contributed by atoms with Gasteiger partial charge in [0.15, 0.2) is 5.60 Å². The predicted octanol–water partition coefficient (Wildman–Crippen LogP) is 1.49. The van der Waals surface area contributed by atoms with Crippen LogP contribution in [-0.4, -0.2) is 24.8 Å². The van der Waals surface area contributed by atoms with Crippen molar-refractivity contribution >= 4 is 12.1 Å². The van der Waals surface area contributed by atoms with Gasteiger partial charge in [-0.15, -0.1) is 0 Å². The molecule has 0 atom stereocenters. The molecule has 0 aromatic carbocycles. The molecule has 0 aromatic heterocycles. The lowest BCUT2D eigenvalue weighted by molar-refractivity contribution is -0.135. The van der Waals surface area contributed by atoms with Crippen molar-refractivity contribution in [2.24, 2.45) is 0 Å². The Morgan fingerprint density at radius 2 is 2.12 bits per heavy atom. The standard InChI is InChI=1S/C11H15NO4/c1-15-9(13)7-8-11(16-10(14)12-8)5-3-2-4-6-11/h7H,2-6H2,1H3,(H,12,14)/b8-7-. The maximum absolute atomic E-state index is 11.3. The van der Waals surface area contributed by atoms with Crippen molar-refractivity contribution in [2.75, 3.05) is 7.11 Å². The van der Waals surface area contributed by atoms with Crippen LogP contribution in [0, 0.1) is 0 Å². The lowest BCUT2D eigenvalue weighted by Crippen LogP contribution is -2.34. The van der Waals surface area contributed by atoms with E-state index in [4.69, 9.17) is 4.74 Å². The normalized spacial score (nSPS) is 25.3. The van der Waals surface area contributed by atoms with E-state index in [1.807, 2.05) is 0 Å². The van der Waals surface area contributed by atoms with Gasteiger partial charge in [-0.1, -0.05) is 6.42 Å². The third-order valence-corrected chi connectivity index (χ3v) is 3.14. The van der Waals surface area contributed by atoms with Gasteiger partial charge >= 0.3 is 12.1 Å². The van der Waals surface area contributed by atoms with Crippen molar-refractivity contribution in [1.82, 2.24) is 5.32 Å². The van der Waals surface area contributed by atoms with Gasteiger partial charge in [0.1, 0.15) is 0 Å². The van der Waals surface area contributed by atoms with Gasteiger partial charge in [0, 0.05) is 6.08 Å². The molecule has 16 heavy (non-hydrogen) atoms. The molecule has 0 radical (unpaired) electrons. The molecule has 2 rings (SSSR count). The minimum atomic E-state index is -0.608. The summed E-state index contributed by atoms with van der Waals surface area (Å²) < 4.78 is 9.88. The highest BCUT2D eigenvalue weighted by Crippen LogP contribution is 2.39. The van der Waals surface area contributed by atoms with Crippen LogP contribution in [-0.2, 0) is 14.3 Å². The average molecular weight is 225 g/mol. The maximum Gasteiger partial charge on any atom is 0.412 e. The lowest BCUT2D eigenvalue weighted by atomic mass is 9.82. The molecule has 1 spiro atoms. The largest absolute Gasteiger partial charge is 0.466 e. The molecule has 0 unspecified atom stereocenters. The van der Waals surface area contributed by atoms with Gasteiger partial charge in [-0.25, -0.2) is 9.59 Å². The highest BCUT2D eigenvalue weighted by atomic mass is 16.6. The Hall–Kier alpha value is -1.52. The number of methoxy groups -OCH3 is 1. The van der Waals surface area contributed by atoms with Crippen molar-refractivity contribution in [1.29, 1.82) is 0 Å². The minimum Gasteiger partial charge on any atom is -0.466 e. The first-order valence-electron chi connectivity index (χ1n) is 5.46. The van der Waals surface area contributed by atoms with Crippen LogP contribution in [0.15, 0.2) is 11.8 Å². The Balaban J connectivity index is 2.24. The monoisotopic (exact) mass is 225 g/mol. The van der Waals surface area contributed by atoms with E-state index in [1.54, 1.807) is 0 Å². The first-order valence-corrected chi connectivity index (χ1v) is 5.46. The van der Waals surface area contributed by atoms with Gasteiger partial charge in [-0.2, -0.15) is 0 Å². The van der Waals surface area contributed by atoms with Crippen molar-refractivity contribution in [3.05, 3.63) is 11.8 Å². The summed E-state index contributed by atoms with van der Waals surface area (Å²) in [5.74, 6) is -0.467. The molecule has 5 nitrogen and oxygen atoms in total. The molecule has 1 saturated heterocycles. The number of carbonyl (C=O) groups excluding carboxylic acids is 2. The van der Waals surface area contributed by atoms with Crippen LogP contribution in [0.1, 0.15) is 32.1 Å². The molecule has 1 heterocycles. The molecule has 1 saturated carbocycles. The van der Waals surface area contributed by atoms with Crippen molar-refractivity contribution < 1.29 is 19.1 Å². The lowest BCUT2D eigenvalue weighted by Gasteiger charge is -2.31. The summed E-state index contributed by atoms with van der Waals surface area (Å²) >= 11 is 0. The molecular weight excluding hydrogens is 210 g/mol. The number of hydrogen-bond acceptors (Lipinski definition) is 4. The van der Waals surface area contributed by atoms with E-state index < -0.39 is 17.7 Å². The number of amides is 1. The highest BCUT2D eigenvalue weighted by Gasteiger charge is 2.46. The summed E-state index contributed by atoms with van der Waals surface area (Å²) in [6, 6.07) is 0. The second kappa shape index (κ2) is 4.15. The molecular formula is C11H15NO4. The molecule has 5 heteroatoms. The van der Waals surface area contributed by atoms with Gasteiger partial charge in [0.05, 0.1) is 12.8 Å². The number of carbonyl (C=O) groups is 2. The molecule has 2 fully saturated rings. The fourth-order valence-corrected chi connectivity index (χ4v) is 2.32. The zero-order valence-corrected chi connectivity index (χ0v) is 9.25. The van der Waals surface area contributed by atoms with Gasteiger partial charge < -0.3 is 9.47 Å². The summed E-state index contributed by atoms with van der Waals surface area (Å²) in [5.41, 5.74) is -0.0622. The third kappa shape index (κ3) is 1.89. The molecule has 88 valence electrons. The van der Waals surface area contributed by atoms with E-state index in [0.717, 1.165) is 32.1 Å².